The Bertz CT molecular complexity index is 590. The van der Waals surface area contributed by atoms with Gasteiger partial charge in [-0.05, 0) is 42.4 Å². The molecule has 0 saturated carbocycles. The third-order valence-electron chi connectivity index (χ3n) is 2.80. The smallest absolute Gasteiger partial charge is 0.123 e. The van der Waals surface area contributed by atoms with E-state index in [4.69, 9.17) is 5.26 Å². The van der Waals surface area contributed by atoms with Gasteiger partial charge < -0.3 is 0 Å². The highest BCUT2D eigenvalue weighted by Crippen LogP contribution is 2.13. The predicted octanol–water partition coefficient (Wildman–Crippen LogP) is 2.72. The summed E-state index contributed by atoms with van der Waals surface area (Å²) in [5, 5.41) is 9.01. The maximum atomic E-state index is 13.2. The molecule has 1 heterocycles. The Morgan fingerprint density at radius 2 is 2.16 bits per heavy atom. The number of benzene rings is 1. The standard InChI is InChI=1S/C15H14FN3/c1-19(10-12-3-2-6-18-9-12)11-14-7-15(16)5-4-13(14)8-17/h2-7,9H,10-11H2,1H3. The molecule has 0 atom stereocenters. The van der Waals surface area contributed by atoms with Crippen molar-refractivity contribution >= 4 is 0 Å². The monoisotopic (exact) mass is 255 g/mol. The third-order valence-corrected chi connectivity index (χ3v) is 2.80. The van der Waals surface area contributed by atoms with Gasteiger partial charge in [0.1, 0.15) is 5.82 Å². The van der Waals surface area contributed by atoms with Gasteiger partial charge in [0, 0.05) is 25.5 Å². The lowest BCUT2D eigenvalue weighted by Gasteiger charge is -2.17. The van der Waals surface area contributed by atoms with Gasteiger partial charge in [-0.3, -0.25) is 9.88 Å². The Balaban J connectivity index is 2.09. The Kier molecular flexibility index (Phi) is 4.22. The SMILES string of the molecule is CN(Cc1cccnc1)Cc1cc(F)ccc1C#N. The summed E-state index contributed by atoms with van der Waals surface area (Å²) in [6.45, 7) is 1.23. The molecule has 2 rings (SSSR count). The molecule has 1 aromatic heterocycles. The van der Waals surface area contributed by atoms with Crippen molar-refractivity contribution in [1.82, 2.24) is 9.88 Å². The van der Waals surface area contributed by atoms with Crippen LogP contribution in [0, 0.1) is 17.1 Å². The van der Waals surface area contributed by atoms with Crippen LogP contribution >= 0.6 is 0 Å². The summed E-state index contributed by atoms with van der Waals surface area (Å²) in [5.41, 5.74) is 2.30. The quantitative estimate of drug-likeness (QED) is 0.843. The van der Waals surface area contributed by atoms with Crippen LogP contribution in [0.2, 0.25) is 0 Å². The van der Waals surface area contributed by atoms with Gasteiger partial charge in [-0.1, -0.05) is 6.07 Å². The topological polar surface area (TPSA) is 39.9 Å². The molecular formula is C15H14FN3. The van der Waals surface area contributed by atoms with E-state index in [1.807, 2.05) is 24.1 Å². The maximum absolute atomic E-state index is 13.2. The number of aromatic nitrogens is 1. The van der Waals surface area contributed by atoms with Crippen LogP contribution in [0.3, 0.4) is 0 Å². The lowest BCUT2D eigenvalue weighted by Crippen LogP contribution is -2.18. The molecule has 0 unspecified atom stereocenters. The first kappa shape index (κ1) is 13.2. The molecule has 3 nitrogen and oxygen atoms in total. The first-order valence-electron chi connectivity index (χ1n) is 5.95. The van der Waals surface area contributed by atoms with E-state index in [2.05, 4.69) is 11.1 Å². The summed E-state index contributed by atoms with van der Waals surface area (Å²) >= 11 is 0. The second-order valence-corrected chi connectivity index (χ2v) is 4.45. The van der Waals surface area contributed by atoms with Gasteiger partial charge in [0.25, 0.3) is 0 Å². The van der Waals surface area contributed by atoms with Gasteiger partial charge in [0.2, 0.25) is 0 Å². The predicted molar refractivity (Wildman–Crippen MR) is 70.5 cm³/mol. The van der Waals surface area contributed by atoms with E-state index < -0.39 is 0 Å². The third kappa shape index (κ3) is 3.60. The highest BCUT2D eigenvalue weighted by molar-refractivity contribution is 5.37. The van der Waals surface area contributed by atoms with Gasteiger partial charge in [-0.2, -0.15) is 5.26 Å². The molecule has 0 spiro atoms. The molecular weight excluding hydrogens is 241 g/mol. The molecule has 0 bridgehead atoms. The Hall–Kier alpha value is -2.25. The molecule has 0 fully saturated rings. The van der Waals surface area contributed by atoms with Crippen LogP contribution in [0.4, 0.5) is 4.39 Å². The van der Waals surface area contributed by atoms with E-state index >= 15 is 0 Å². The Morgan fingerprint density at radius 1 is 1.32 bits per heavy atom. The van der Waals surface area contributed by atoms with Crippen molar-refractivity contribution < 1.29 is 4.39 Å². The van der Waals surface area contributed by atoms with Gasteiger partial charge in [0.05, 0.1) is 11.6 Å². The van der Waals surface area contributed by atoms with Gasteiger partial charge in [0.15, 0.2) is 0 Å². The second-order valence-electron chi connectivity index (χ2n) is 4.45. The second kappa shape index (κ2) is 6.07. The molecule has 96 valence electrons. The van der Waals surface area contributed by atoms with Crippen LogP contribution < -0.4 is 0 Å². The summed E-state index contributed by atoms with van der Waals surface area (Å²) < 4.78 is 13.2. The lowest BCUT2D eigenvalue weighted by molar-refractivity contribution is 0.318. The molecule has 19 heavy (non-hydrogen) atoms. The van der Waals surface area contributed by atoms with Crippen LogP contribution in [-0.2, 0) is 13.1 Å². The van der Waals surface area contributed by atoms with Crippen LogP contribution in [0.15, 0.2) is 42.7 Å². The number of hydrogen-bond acceptors (Lipinski definition) is 3. The number of rotatable bonds is 4. The molecule has 0 N–H and O–H groups in total. The average Bonchev–Trinajstić information content (AvgIpc) is 2.40. The largest absolute Gasteiger partial charge is 0.298 e. The molecule has 0 radical (unpaired) electrons. The lowest BCUT2D eigenvalue weighted by atomic mass is 10.1. The van der Waals surface area contributed by atoms with Crippen LogP contribution in [-0.4, -0.2) is 16.9 Å². The molecule has 4 heteroatoms. The first-order valence-corrected chi connectivity index (χ1v) is 5.95. The molecule has 0 amide bonds. The van der Waals surface area contributed by atoms with E-state index in [0.717, 1.165) is 5.56 Å². The number of halogens is 1. The highest BCUT2D eigenvalue weighted by atomic mass is 19.1. The molecule has 0 aliphatic rings. The van der Waals surface area contributed by atoms with Gasteiger partial charge >= 0.3 is 0 Å². The first-order chi connectivity index (χ1) is 9.19. The fraction of sp³-hybridized carbons (Fsp3) is 0.200. The molecule has 1 aromatic carbocycles. The van der Waals surface area contributed by atoms with Crippen molar-refractivity contribution in [2.45, 2.75) is 13.1 Å². The minimum Gasteiger partial charge on any atom is -0.298 e. The number of nitriles is 1. The zero-order valence-corrected chi connectivity index (χ0v) is 10.7. The van der Waals surface area contributed by atoms with E-state index in [-0.39, 0.29) is 5.82 Å². The van der Waals surface area contributed by atoms with Crippen molar-refractivity contribution in [2.24, 2.45) is 0 Å². The van der Waals surface area contributed by atoms with E-state index in [1.54, 1.807) is 12.4 Å². The van der Waals surface area contributed by atoms with Crippen molar-refractivity contribution in [1.29, 1.82) is 5.26 Å². The van der Waals surface area contributed by atoms with E-state index in [1.165, 1.54) is 18.2 Å². The fourth-order valence-corrected chi connectivity index (χ4v) is 1.95. The van der Waals surface area contributed by atoms with Gasteiger partial charge in [-0.25, -0.2) is 4.39 Å². The van der Waals surface area contributed by atoms with Gasteiger partial charge in [-0.15, -0.1) is 0 Å². The number of hydrogen-bond donors (Lipinski definition) is 0. The van der Waals surface area contributed by atoms with Crippen molar-refractivity contribution in [2.75, 3.05) is 7.05 Å². The van der Waals surface area contributed by atoms with Crippen molar-refractivity contribution in [3.8, 4) is 6.07 Å². The van der Waals surface area contributed by atoms with E-state index in [0.29, 0.717) is 24.2 Å². The summed E-state index contributed by atoms with van der Waals surface area (Å²) in [7, 11) is 1.93. The van der Waals surface area contributed by atoms with Crippen molar-refractivity contribution in [3.63, 3.8) is 0 Å². The zero-order chi connectivity index (χ0) is 13.7. The average molecular weight is 255 g/mol. The van der Waals surface area contributed by atoms with Crippen LogP contribution in [0.5, 0.6) is 0 Å². The summed E-state index contributed by atoms with van der Waals surface area (Å²) in [6, 6.07) is 10.2. The molecule has 2 aromatic rings. The fourth-order valence-electron chi connectivity index (χ4n) is 1.95. The minimum absolute atomic E-state index is 0.316. The molecule has 0 aliphatic heterocycles. The number of pyridine rings is 1. The van der Waals surface area contributed by atoms with Crippen LogP contribution in [0.1, 0.15) is 16.7 Å². The van der Waals surface area contributed by atoms with E-state index in [9.17, 15) is 4.39 Å². The minimum atomic E-state index is -0.316. The molecule has 0 aliphatic carbocycles. The normalized spacial score (nSPS) is 10.4. The zero-order valence-electron chi connectivity index (χ0n) is 10.7. The van der Waals surface area contributed by atoms with Crippen LogP contribution in [0.25, 0.3) is 0 Å². The summed E-state index contributed by atoms with van der Waals surface area (Å²) in [5.74, 6) is -0.316. The summed E-state index contributed by atoms with van der Waals surface area (Å²) in [6.07, 6.45) is 3.52. The maximum Gasteiger partial charge on any atom is 0.123 e. The molecule has 0 saturated heterocycles. The summed E-state index contributed by atoms with van der Waals surface area (Å²) in [4.78, 5) is 6.07. The van der Waals surface area contributed by atoms with Crippen molar-refractivity contribution in [3.05, 3.63) is 65.2 Å². The Morgan fingerprint density at radius 3 is 2.84 bits per heavy atom. The highest BCUT2D eigenvalue weighted by Gasteiger charge is 2.07. The number of nitrogens with zero attached hydrogens (tertiary/aromatic N) is 3. The Labute approximate surface area is 111 Å².